The molecule has 0 spiro atoms. The second-order valence-corrected chi connectivity index (χ2v) is 9.37. The first-order valence-corrected chi connectivity index (χ1v) is 12.4. The van der Waals surface area contributed by atoms with Gasteiger partial charge in [-0.15, -0.1) is 0 Å². The van der Waals surface area contributed by atoms with E-state index in [1.54, 1.807) is 13.8 Å². The number of esters is 1. The number of likely N-dealkylation sites (tertiary alicyclic amines) is 1. The second-order valence-electron chi connectivity index (χ2n) is 9.37. The summed E-state index contributed by atoms with van der Waals surface area (Å²) >= 11 is 0. The van der Waals surface area contributed by atoms with Crippen LogP contribution >= 0.6 is 0 Å². The van der Waals surface area contributed by atoms with Gasteiger partial charge in [0.05, 0.1) is 18.5 Å². The van der Waals surface area contributed by atoms with Crippen LogP contribution in [0.15, 0.2) is 48.7 Å². The fourth-order valence-corrected chi connectivity index (χ4v) is 5.06. The predicted molar refractivity (Wildman–Crippen MR) is 137 cm³/mol. The molecule has 1 aliphatic rings. The van der Waals surface area contributed by atoms with Crippen LogP contribution in [0.25, 0.3) is 22.0 Å². The highest BCUT2D eigenvalue weighted by molar-refractivity contribution is 5.96. The van der Waals surface area contributed by atoms with Gasteiger partial charge in [-0.2, -0.15) is 0 Å². The number of pyridine rings is 1. The summed E-state index contributed by atoms with van der Waals surface area (Å²) in [5.74, 6) is 0.493. The van der Waals surface area contributed by atoms with E-state index in [1.165, 1.54) is 16.7 Å². The molecule has 1 fully saturated rings. The molecule has 1 unspecified atom stereocenters. The first kappa shape index (κ1) is 24.7. The molecular weight excluding hydrogens is 440 g/mol. The number of aromatic nitrogens is 1. The van der Waals surface area contributed by atoms with Crippen LogP contribution in [0.2, 0.25) is 0 Å². The molecule has 1 saturated heterocycles. The molecule has 0 aliphatic carbocycles. The number of nitrogens with zero attached hydrogens (tertiary/aromatic N) is 2. The highest BCUT2D eigenvalue weighted by Crippen LogP contribution is 2.34. The molecule has 3 aromatic rings. The predicted octanol–water partition coefficient (Wildman–Crippen LogP) is 5.48. The van der Waals surface area contributed by atoms with Gasteiger partial charge in [-0.05, 0) is 86.9 Å². The second kappa shape index (κ2) is 10.9. The first-order valence-electron chi connectivity index (χ1n) is 12.4. The molecule has 2 aromatic carbocycles. The van der Waals surface area contributed by atoms with Crippen molar-refractivity contribution >= 4 is 22.8 Å². The molecular formula is C29H34N2O4. The number of carbonyl (C=O) groups excluding carboxylic acids is 2. The molecule has 184 valence electrons. The third-order valence-electron chi connectivity index (χ3n) is 6.72. The summed E-state index contributed by atoms with van der Waals surface area (Å²) in [7, 11) is 0. The smallest absolute Gasteiger partial charge is 0.306 e. The van der Waals surface area contributed by atoms with Gasteiger partial charge in [0.25, 0.3) is 5.91 Å². The highest BCUT2D eigenvalue weighted by atomic mass is 16.5. The van der Waals surface area contributed by atoms with E-state index in [9.17, 15) is 9.59 Å². The number of fused-ring (bicyclic) bond motifs is 1. The molecule has 0 radical (unpaired) electrons. The van der Waals surface area contributed by atoms with Gasteiger partial charge in [0.15, 0.2) is 6.10 Å². The average Bonchev–Trinajstić information content (AvgIpc) is 2.83. The summed E-state index contributed by atoms with van der Waals surface area (Å²) in [6, 6.07) is 14.2. The molecule has 0 N–H and O–H groups in total. The van der Waals surface area contributed by atoms with Crippen LogP contribution in [0.3, 0.4) is 0 Å². The minimum absolute atomic E-state index is 0.0594. The van der Waals surface area contributed by atoms with Gasteiger partial charge in [0, 0.05) is 30.7 Å². The van der Waals surface area contributed by atoms with Crippen LogP contribution in [0, 0.1) is 19.8 Å². The van der Waals surface area contributed by atoms with E-state index in [-0.39, 0.29) is 17.8 Å². The lowest BCUT2D eigenvalue weighted by atomic mass is 9.93. The number of piperidine rings is 1. The number of hydrogen-bond donors (Lipinski definition) is 0. The Balaban J connectivity index is 1.48. The van der Waals surface area contributed by atoms with Crippen LogP contribution in [-0.2, 0) is 14.3 Å². The molecule has 1 amide bonds. The molecule has 1 aromatic heterocycles. The van der Waals surface area contributed by atoms with Crippen molar-refractivity contribution in [3.05, 3.63) is 59.8 Å². The van der Waals surface area contributed by atoms with E-state index in [2.05, 4.69) is 37.0 Å². The van der Waals surface area contributed by atoms with Crippen molar-refractivity contribution in [3.63, 3.8) is 0 Å². The van der Waals surface area contributed by atoms with Crippen molar-refractivity contribution in [2.24, 2.45) is 5.92 Å². The molecule has 0 saturated carbocycles. The molecule has 2 heterocycles. The van der Waals surface area contributed by atoms with Gasteiger partial charge in [-0.3, -0.25) is 14.6 Å². The molecule has 4 rings (SSSR count). The number of hydrogen-bond acceptors (Lipinski definition) is 5. The fraction of sp³-hybridized carbons (Fsp3) is 0.414. The van der Waals surface area contributed by atoms with Gasteiger partial charge in [0.2, 0.25) is 0 Å². The first-order chi connectivity index (χ1) is 16.9. The monoisotopic (exact) mass is 474 g/mol. The maximum atomic E-state index is 13.1. The zero-order valence-electron chi connectivity index (χ0n) is 21.0. The Hall–Kier alpha value is -3.41. The Bertz CT molecular complexity index is 1200. The quantitative estimate of drug-likeness (QED) is 0.424. The summed E-state index contributed by atoms with van der Waals surface area (Å²) in [5.41, 5.74) is 5.64. The Labute approximate surface area is 207 Å². The Morgan fingerprint density at radius 1 is 1.14 bits per heavy atom. The zero-order valence-corrected chi connectivity index (χ0v) is 21.0. The minimum Gasteiger partial charge on any atom is -0.481 e. The summed E-state index contributed by atoms with van der Waals surface area (Å²) in [6.07, 6.45) is 3.35. The van der Waals surface area contributed by atoms with Crippen molar-refractivity contribution in [2.75, 3.05) is 19.7 Å². The number of rotatable bonds is 7. The van der Waals surface area contributed by atoms with E-state index in [1.807, 2.05) is 35.4 Å². The van der Waals surface area contributed by atoms with E-state index < -0.39 is 6.10 Å². The van der Waals surface area contributed by atoms with Crippen LogP contribution in [0.5, 0.6) is 5.75 Å². The van der Waals surface area contributed by atoms with E-state index in [0.717, 1.165) is 29.3 Å². The average molecular weight is 475 g/mol. The lowest BCUT2D eigenvalue weighted by molar-refractivity contribution is -0.147. The van der Waals surface area contributed by atoms with Crippen LogP contribution in [-0.4, -0.2) is 47.6 Å². The van der Waals surface area contributed by atoms with Crippen molar-refractivity contribution in [1.29, 1.82) is 0 Å². The van der Waals surface area contributed by atoms with Crippen molar-refractivity contribution in [3.8, 4) is 16.9 Å². The van der Waals surface area contributed by atoms with Crippen molar-refractivity contribution < 1.29 is 19.1 Å². The molecule has 6 heteroatoms. The van der Waals surface area contributed by atoms with Crippen LogP contribution in [0.4, 0.5) is 0 Å². The van der Waals surface area contributed by atoms with E-state index in [4.69, 9.17) is 9.47 Å². The SMILES string of the molecule is CCOC(=O)C[C@H]1CCCN(C(=O)C(C)Oc2ccc3c(-c4c(C)cccc4C)ccnc3c2)C1. The minimum atomic E-state index is -0.629. The van der Waals surface area contributed by atoms with Crippen molar-refractivity contribution in [2.45, 2.75) is 53.1 Å². The zero-order chi connectivity index (χ0) is 24.9. The van der Waals surface area contributed by atoms with Gasteiger partial charge < -0.3 is 14.4 Å². The topological polar surface area (TPSA) is 68.7 Å². The molecule has 2 atom stereocenters. The number of benzene rings is 2. The van der Waals surface area contributed by atoms with Crippen LogP contribution in [0.1, 0.15) is 44.2 Å². The van der Waals surface area contributed by atoms with Gasteiger partial charge in [-0.25, -0.2) is 0 Å². The molecule has 1 aliphatic heterocycles. The fourth-order valence-electron chi connectivity index (χ4n) is 5.06. The van der Waals surface area contributed by atoms with E-state index in [0.29, 0.717) is 31.9 Å². The van der Waals surface area contributed by atoms with Gasteiger partial charge in [-0.1, -0.05) is 18.2 Å². The number of ether oxygens (including phenoxy) is 2. The van der Waals surface area contributed by atoms with Crippen LogP contribution < -0.4 is 4.74 Å². The lowest BCUT2D eigenvalue weighted by Gasteiger charge is -2.34. The maximum Gasteiger partial charge on any atom is 0.306 e. The third-order valence-corrected chi connectivity index (χ3v) is 6.72. The summed E-state index contributed by atoms with van der Waals surface area (Å²) in [5, 5.41) is 1.05. The summed E-state index contributed by atoms with van der Waals surface area (Å²) in [4.78, 5) is 31.4. The molecule has 35 heavy (non-hydrogen) atoms. The van der Waals surface area contributed by atoms with E-state index >= 15 is 0 Å². The Kier molecular flexibility index (Phi) is 7.69. The Morgan fingerprint density at radius 3 is 2.66 bits per heavy atom. The molecule has 6 nitrogen and oxygen atoms in total. The summed E-state index contributed by atoms with van der Waals surface area (Å²) in [6.45, 7) is 9.46. The Morgan fingerprint density at radius 2 is 1.91 bits per heavy atom. The maximum absolute atomic E-state index is 13.1. The number of amides is 1. The molecule has 0 bridgehead atoms. The third kappa shape index (κ3) is 5.64. The largest absolute Gasteiger partial charge is 0.481 e. The normalized spacial score (nSPS) is 16.7. The highest BCUT2D eigenvalue weighted by Gasteiger charge is 2.29. The van der Waals surface area contributed by atoms with Gasteiger partial charge >= 0.3 is 5.97 Å². The summed E-state index contributed by atoms with van der Waals surface area (Å²) < 4.78 is 11.1. The van der Waals surface area contributed by atoms with Gasteiger partial charge in [0.1, 0.15) is 5.75 Å². The lowest BCUT2D eigenvalue weighted by Crippen LogP contribution is -2.46. The standard InChI is InChI=1S/C29H34N2O4/c1-5-34-27(32)16-22-10-7-15-31(18-22)29(33)21(4)35-23-11-12-24-25(13-14-30-26(24)17-23)28-19(2)8-6-9-20(28)3/h6,8-9,11-14,17,21-22H,5,7,10,15-16,18H2,1-4H3/t21?,22-/m1/s1. The number of aryl methyl sites for hydroxylation is 2. The number of carbonyl (C=O) groups is 2. The van der Waals surface area contributed by atoms with Crippen molar-refractivity contribution in [1.82, 2.24) is 9.88 Å².